The maximum absolute atomic E-state index is 13.1. The Morgan fingerprint density at radius 2 is 1.82 bits per heavy atom. The van der Waals surface area contributed by atoms with Crippen LogP contribution >= 0.6 is 23.4 Å². The molecule has 0 saturated heterocycles. The van der Waals surface area contributed by atoms with Crippen LogP contribution in [0.2, 0.25) is 5.02 Å². The van der Waals surface area contributed by atoms with E-state index in [1.54, 1.807) is 5.01 Å². The van der Waals surface area contributed by atoms with Crippen LogP contribution in [-0.4, -0.2) is 80.0 Å². The van der Waals surface area contributed by atoms with Gasteiger partial charge in [0, 0.05) is 30.6 Å². The second-order valence-corrected chi connectivity index (χ2v) is 10.7. The van der Waals surface area contributed by atoms with Gasteiger partial charge in [-0.3, -0.25) is 0 Å². The Balaban J connectivity index is 1.96. The average Bonchev–Trinajstić information content (AvgIpc) is 3.24. The van der Waals surface area contributed by atoms with Gasteiger partial charge in [0.1, 0.15) is 0 Å². The molecule has 0 N–H and O–H groups in total. The molecule has 0 radical (unpaired) electrons. The molecule has 33 heavy (non-hydrogen) atoms. The van der Waals surface area contributed by atoms with Gasteiger partial charge in [-0.2, -0.15) is 17.8 Å². The molecule has 178 valence electrons. The fraction of sp³-hybridized carbons (Fsp3) is 0.391. The number of hydrogen-bond donors (Lipinski definition) is 0. The number of hydrogen-bond acceptors (Lipinski definition) is 5. The Labute approximate surface area is 206 Å². The van der Waals surface area contributed by atoms with Gasteiger partial charge in [-0.15, -0.1) is 4.40 Å². The summed E-state index contributed by atoms with van der Waals surface area (Å²) in [5.74, 6) is -0.0246. The summed E-state index contributed by atoms with van der Waals surface area (Å²) in [6, 6.07) is 17.6. The summed E-state index contributed by atoms with van der Waals surface area (Å²) in [6.45, 7) is 3.67. The second kappa shape index (κ2) is 11.5. The zero-order valence-electron chi connectivity index (χ0n) is 19.3. The van der Waals surface area contributed by atoms with Crippen LogP contribution < -0.4 is 0 Å². The maximum atomic E-state index is 13.1. The summed E-state index contributed by atoms with van der Waals surface area (Å²) >= 11 is 7.36. The highest BCUT2D eigenvalue weighted by Gasteiger charge is 2.32. The van der Waals surface area contributed by atoms with Gasteiger partial charge in [-0.25, -0.2) is 5.01 Å². The molecule has 0 spiro atoms. The minimum atomic E-state index is -3.84. The number of benzene rings is 2. The molecule has 0 bridgehead atoms. The molecule has 10 heteroatoms. The van der Waals surface area contributed by atoms with Crippen molar-refractivity contribution in [1.29, 1.82) is 0 Å². The Kier molecular flexibility index (Phi) is 8.95. The molecule has 7 nitrogen and oxygen atoms in total. The van der Waals surface area contributed by atoms with Crippen molar-refractivity contribution >= 4 is 44.5 Å². The minimum Gasteiger partial charge on any atom is -0.308 e. The molecule has 0 saturated carbocycles. The number of rotatable bonds is 8. The largest absolute Gasteiger partial charge is 0.324 e. The van der Waals surface area contributed by atoms with E-state index >= 15 is 0 Å². The smallest absolute Gasteiger partial charge is 0.308 e. The van der Waals surface area contributed by atoms with Crippen LogP contribution in [0.4, 0.5) is 0 Å². The lowest BCUT2D eigenvalue weighted by atomic mass is 9.91. The van der Waals surface area contributed by atoms with Gasteiger partial charge in [0.2, 0.25) is 0 Å². The summed E-state index contributed by atoms with van der Waals surface area (Å²) < 4.78 is 31.7. The van der Waals surface area contributed by atoms with E-state index in [1.807, 2.05) is 74.6 Å². The van der Waals surface area contributed by atoms with Crippen LogP contribution in [0, 0.1) is 0 Å². The van der Waals surface area contributed by atoms with Crippen molar-refractivity contribution < 1.29 is 8.42 Å². The lowest BCUT2D eigenvalue weighted by Crippen LogP contribution is -2.36. The maximum Gasteiger partial charge on any atom is 0.324 e. The SMILES string of the molecule is CCN(CCN(C)C)S(=O)(=O)/N=C(\SC)N1CC(c2ccccc2)C(c2ccc(Cl)cc2)=N1. The quantitative estimate of drug-likeness (QED) is 0.399. The number of hydrazone groups is 1. The van der Waals surface area contributed by atoms with Gasteiger partial charge in [0.05, 0.1) is 12.3 Å². The van der Waals surface area contributed by atoms with E-state index < -0.39 is 10.2 Å². The summed E-state index contributed by atoms with van der Waals surface area (Å²) in [6.07, 6.45) is 1.82. The fourth-order valence-electron chi connectivity index (χ4n) is 3.54. The average molecular weight is 508 g/mol. The van der Waals surface area contributed by atoms with E-state index in [4.69, 9.17) is 16.7 Å². The van der Waals surface area contributed by atoms with Crippen LogP contribution in [0.1, 0.15) is 24.0 Å². The molecule has 1 heterocycles. The third-order valence-corrected chi connectivity index (χ3v) is 7.86. The van der Waals surface area contributed by atoms with Crippen molar-refractivity contribution in [3.63, 3.8) is 0 Å². The highest BCUT2D eigenvalue weighted by molar-refractivity contribution is 8.13. The monoisotopic (exact) mass is 507 g/mol. The van der Waals surface area contributed by atoms with Crippen LogP contribution in [-0.2, 0) is 10.2 Å². The standard InChI is InChI=1S/C23H30ClN5O2S2/c1-5-28(16-15-27(2)3)33(30,31)26-23(32-4)29-17-21(18-9-7-6-8-10-18)22(25-29)19-11-13-20(24)14-12-19/h6-14,21H,5,15-17H2,1-4H3/b26-23-. The first-order valence-corrected chi connectivity index (χ1v) is 13.7. The van der Waals surface area contributed by atoms with Gasteiger partial charge >= 0.3 is 10.2 Å². The van der Waals surface area contributed by atoms with Crippen molar-refractivity contribution in [2.45, 2.75) is 12.8 Å². The Morgan fingerprint density at radius 3 is 2.39 bits per heavy atom. The third kappa shape index (κ3) is 6.58. The number of likely N-dealkylation sites (N-methyl/N-ethyl adjacent to an activating group) is 2. The zero-order valence-corrected chi connectivity index (χ0v) is 21.7. The minimum absolute atomic E-state index is 0.0246. The number of amidine groups is 1. The molecule has 0 fully saturated rings. The molecule has 2 aromatic rings. The molecule has 0 aliphatic carbocycles. The molecule has 1 aliphatic heterocycles. The van der Waals surface area contributed by atoms with Gasteiger partial charge in [0.25, 0.3) is 0 Å². The van der Waals surface area contributed by atoms with Crippen LogP contribution in [0.5, 0.6) is 0 Å². The first kappa shape index (κ1) is 25.7. The van der Waals surface area contributed by atoms with E-state index in [0.717, 1.165) is 16.8 Å². The number of thioether (sulfide) groups is 1. The van der Waals surface area contributed by atoms with Crippen molar-refractivity contribution in [2.24, 2.45) is 9.50 Å². The molecule has 3 rings (SSSR count). The first-order chi connectivity index (χ1) is 15.7. The lowest BCUT2D eigenvalue weighted by molar-refractivity contribution is 0.340. The predicted octanol–water partition coefficient (Wildman–Crippen LogP) is 3.99. The molecule has 1 atom stereocenters. The Hall–Kier alpha value is -1.91. The predicted molar refractivity (Wildman–Crippen MR) is 140 cm³/mol. The second-order valence-electron chi connectivity index (χ2n) is 7.89. The molecule has 0 amide bonds. The highest BCUT2D eigenvalue weighted by Crippen LogP contribution is 2.31. The number of nitrogens with zero attached hydrogens (tertiary/aromatic N) is 5. The fourth-order valence-corrected chi connectivity index (χ4v) is 5.62. The van der Waals surface area contributed by atoms with Gasteiger partial charge in [0.15, 0.2) is 5.17 Å². The first-order valence-electron chi connectivity index (χ1n) is 10.7. The third-order valence-electron chi connectivity index (χ3n) is 5.33. The highest BCUT2D eigenvalue weighted by atomic mass is 35.5. The van der Waals surface area contributed by atoms with E-state index in [2.05, 4.69) is 16.5 Å². The van der Waals surface area contributed by atoms with Crippen molar-refractivity contribution in [3.8, 4) is 0 Å². The van der Waals surface area contributed by atoms with Crippen LogP contribution in [0.3, 0.4) is 0 Å². The van der Waals surface area contributed by atoms with Gasteiger partial charge in [-0.1, -0.05) is 72.8 Å². The Bertz CT molecular complexity index is 1090. The van der Waals surface area contributed by atoms with E-state index in [1.165, 1.54) is 16.1 Å². The molecule has 2 aromatic carbocycles. The van der Waals surface area contributed by atoms with Crippen LogP contribution in [0.15, 0.2) is 64.1 Å². The summed E-state index contributed by atoms with van der Waals surface area (Å²) in [5.41, 5.74) is 2.91. The Morgan fingerprint density at radius 1 is 1.15 bits per heavy atom. The molecule has 1 aliphatic rings. The van der Waals surface area contributed by atoms with Crippen molar-refractivity contribution in [2.75, 3.05) is 46.5 Å². The topological polar surface area (TPSA) is 68.6 Å². The van der Waals surface area contributed by atoms with Gasteiger partial charge < -0.3 is 4.90 Å². The molecule has 1 unspecified atom stereocenters. The molecule has 0 aromatic heterocycles. The molecular weight excluding hydrogens is 478 g/mol. The summed E-state index contributed by atoms with van der Waals surface area (Å²) in [5, 5.41) is 7.53. The van der Waals surface area contributed by atoms with Crippen LogP contribution in [0.25, 0.3) is 0 Å². The lowest BCUT2D eigenvalue weighted by Gasteiger charge is -2.21. The number of halogens is 1. The van der Waals surface area contributed by atoms with E-state index in [0.29, 0.717) is 36.4 Å². The summed E-state index contributed by atoms with van der Waals surface area (Å²) in [7, 11) is -0.0119. The zero-order chi connectivity index (χ0) is 24.0. The van der Waals surface area contributed by atoms with E-state index in [-0.39, 0.29) is 5.92 Å². The van der Waals surface area contributed by atoms with Gasteiger partial charge in [-0.05, 0) is 43.6 Å². The normalized spacial score (nSPS) is 17.2. The molecular formula is C23H30ClN5O2S2. The van der Waals surface area contributed by atoms with E-state index in [9.17, 15) is 8.42 Å². The van der Waals surface area contributed by atoms with Crippen molar-refractivity contribution in [3.05, 3.63) is 70.7 Å². The van der Waals surface area contributed by atoms with Crippen molar-refractivity contribution in [1.82, 2.24) is 14.2 Å². The summed E-state index contributed by atoms with van der Waals surface area (Å²) in [4.78, 5) is 1.95.